The van der Waals surface area contributed by atoms with E-state index in [0.717, 1.165) is 25.1 Å². The fraction of sp³-hybridized carbons (Fsp3) is 0.600. The highest BCUT2D eigenvalue weighted by molar-refractivity contribution is 5.37. The zero-order valence-electron chi connectivity index (χ0n) is 11.5. The van der Waals surface area contributed by atoms with Crippen LogP contribution in [-0.2, 0) is 12.8 Å². The Bertz CT molecular complexity index is 336. The van der Waals surface area contributed by atoms with E-state index in [-0.39, 0.29) is 0 Å². The Morgan fingerprint density at radius 3 is 2.59 bits per heavy atom. The molecule has 0 aliphatic heterocycles. The fourth-order valence-electron chi connectivity index (χ4n) is 2.17. The van der Waals surface area contributed by atoms with Gasteiger partial charge in [-0.1, -0.05) is 32.4 Å². The van der Waals surface area contributed by atoms with Crippen LogP contribution in [0.4, 0.5) is 0 Å². The molecule has 2 nitrogen and oxygen atoms in total. The topological polar surface area (TPSA) is 21.3 Å². The van der Waals surface area contributed by atoms with Gasteiger partial charge in [0, 0.05) is 0 Å². The summed E-state index contributed by atoms with van der Waals surface area (Å²) in [6, 6.07) is 6.54. The zero-order chi connectivity index (χ0) is 12.7. The molecular weight excluding hydrogens is 210 g/mol. The van der Waals surface area contributed by atoms with Crippen LogP contribution in [0.25, 0.3) is 0 Å². The standard InChI is InChI=1S/C15H25NO/c1-5-12-7-8-15(17-4)14(9-12)10-13(6-2)11-16-3/h7-9,13,16H,5-6,10-11H2,1-4H3. The molecule has 1 rings (SSSR count). The van der Waals surface area contributed by atoms with Gasteiger partial charge in [0.25, 0.3) is 0 Å². The van der Waals surface area contributed by atoms with Crippen molar-refractivity contribution in [2.75, 3.05) is 20.7 Å². The van der Waals surface area contributed by atoms with E-state index in [2.05, 4.69) is 37.4 Å². The molecule has 1 aromatic rings. The van der Waals surface area contributed by atoms with Crippen LogP contribution in [-0.4, -0.2) is 20.7 Å². The molecule has 1 N–H and O–H groups in total. The number of hydrogen-bond donors (Lipinski definition) is 1. The van der Waals surface area contributed by atoms with Gasteiger partial charge in [-0.05, 0) is 49.5 Å². The van der Waals surface area contributed by atoms with E-state index >= 15 is 0 Å². The quantitative estimate of drug-likeness (QED) is 0.784. The van der Waals surface area contributed by atoms with Gasteiger partial charge in [0.05, 0.1) is 7.11 Å². The molecule has 17 heavy (non-hydrogen) atoms. The number of rotatable bonds is 7. The lowest BCUT2D eigenvalue weighted by Gasteiger charge is -2.17. The van der Waals surface area contributed by atoms with E-state index < -0.39 is 0 Å². The van der Waals surface area contributed by atoms with Crippen molar-refractivity contribution in [1.29, 1.82) is 0 Å². The van der Waals surface area contributed by atoms with Gasteiger partial charge < -0.3 is 10.1 Å². The Morgan fingerprint density at radius 1 is 1.29 bits per heavy atom. The molecule has 0 aliphatic carbocycles. The Balaban J connectivity index is 2.85. The van der Waals surface area contributed by atoms with Gasteiger partial charge in [0.1, 0.15) is 5.75 Å². The smallest absolute Gasteiger partial charge is 0.122 e. The van der Waals surface area contributed by atoms with Gasteiger partial charge in [-0.15, -0.1) is 0 Å². The molecule has 0 saturated carbocycles. The van der Waals surface area contributed by atoms with Crippen molar-refractivity contribution < 1.29 is 4.74 Å². The molecule has 2 heteroatoms. The Kier molecular flexibility index (Phi) is 6.06. The lowest BCUT2D eigenvalue weighted by molar-refractivity contribution is 0.400. The first-order chi connectivity index (χ1) is 8.24. The predicted molar refractivity (Wildman–Crippen MR) is 73.8 cm³/mol. The van der Waals surface area contributed by atoms with Crippen LogP contribution < -0.4 is 10.1 Å². The van der Waals surface area contributed by atoms with Crippen LogP contribution in [0, 0.1) is 5.92 Å². The first-order valence-corrected chi connectivity index (χ1v) is 6.55. The third-order valence-corrected chi connectivity index (χ3v) is 3.33. The number of benzene rings is 1. The SMILES string of the molecule is CCc1ccc(OC)c(CC(CC)CNC)c1. The second-order valence-corrected chi connectivity index (χ2v) is 4.54. The van der Waals surface area contributed by atoms with Crippen LogP contribution in [0.3, 0.4) is 0 Å². The Morgan fingerprint density at radius 2 is 2.06 bits per heavy atom. The van der Waals surface area contributed by atoms with Crippen molar-refractivity contribution >= 4 is 0 Å². The lowest BCUT2D eigenvalue weighted by Crippen LogP contribution is -2.20. The summed E-state index contributed by atoms with van der Waals surface area (Å²) in [6.45, 7) is 5.50. The van der Waals surface area contributed by atoms with Crippen molar-refractivity contribution in [2.45, 2.75) is 33.1 Å². The third-order valence-electron chi connectivity index (χ3n) is 3.33. The van der Waals surface area contributed by atoms with E-state index in [9.17, 15) is 0 Å². The molecular formula is C15H25NO. The van der Waals surface area contributed by atoms with Crippen molar-refractivity contribution in [3.8, 4) is 5.75 Å². The van der Waals surface area contributed by atoms with Gasteiger partial charge in [-0.25, -0.2) is 0 Å². The average molecular weight is 235 g/mol. The number of hydrogen-bond acceptors (Lipinski definition) is 2. The number of aryl methyl sites for hydroxylation is 1. The highest BCUT2D eigenvalue weighted by Gasteiger charge is 2.11. The van der Waals surface area contributed by atoms with Crippen LogP contribution in [0.15, 0.2) is 18.2 Å². The van der Waals surface area contributed by atoms with Gasteiger partial charge in [-0.2, -0.15) is 0 Å². The van der Waals surface area contributed by atoms with Gasteiger partial charge >= 0.3 is 0 Å². The normalized spacial score (nSPS) is 12.5. The lowest BCUT2D eigenvalue weighted by atomic mass is 9.94. The number of nitrogens with one attached hydrogen (secondary N) is 1. The molecule has 0 aliphatic rings. The molecule has 1 unspecified atom stereocenters. The maximum absolute atomic E-state index is 5.45. The Hall–Kier alpha value is -1.02. The predicted octanol–water partition coefficient (Wildman–Crippen LogP) is 3.05. The summed E-state index contributed by atoms with van der Waals surface area (Å²) in [5, 5.41) is 3.26. The summed E-state index contributed by atoms with van der Waals surface area (Å²) >= 11 is 0. The van der Waals surface area contributed by atoms with E-state index in [1.807, 2.05) is 7.05 Å². The molecule has 0 heterocycles. The summed E-state index contributed by atoms with van der Waals surface area (Å²) < 4.78 is 5.45. The highest BCUT2D eigenvalue weighted by atomic mass is 16.5. The summed E-state index contributed by atoms with van der Waals surface area (Å²) in [5.74, 6) is 1.71. The van der Waals surface area contributed by atoms with Crippen molar-refractivity contribution in [3.63, 3.8) is 0 Å². The summed E-state index contributed by atoms with van der Waals surface area (Å²) in [7, 11) is 3.77. The monoisotopic (exact) mass is 235 g/mol. The third kappa shape index (κ3) is 4.04. The maximum Gasteiger partial charge on any atom is 0.122 e. The molecule has 0 spiro atoms. The molecule has 1 atom stereocenters. The molecule has 0 aromatic heterocycles. The molecule has 0 fully saturated rings. The van der Waals surface area contributed by atoms with Gasteiger partial charge in [-0.3, -0.25) is 0 Å². The van der Waals surface area contributed by atoms with Crippen molar-refractivity contribution in [2.24, 2.45) is 5.92 Å². The van der Waals surface area contributed by atoms with E-state index in [0.29, 0.717) is 5.92 Å². The second kappa shape index (κ2) is 7.33. The van der Waals surface area contributed by atoms with Crippen LogP contribution in [0.2, 0.25) is 0 Å². The van der Waals surface area contributed by atoms with Crippen LogP contribution in [0.1, 0.15) is 31.4 Å². The maximum atomic E-state index is 5.45. The fourth-order valence-corrected chi connectivity index (χ4v) is 2.17. The first-order valence-electron chi connectivity index (χ1n) is 6.55. The van der Waals surface area contributed by atoms with Crippen LogP contribution >= 0.6 is 0 Å². The van der Waals surface area contributed by atoms with Gasteiger partial charge in [0.15, 0.2) is 0 Å². The first kappa shape index (κ1) is 14.0. The van der Waals surface area contributed by atoms with E-state index in [1.54, 1.807) is 7.11 Å². The minimum atomic E-state index is 0.681. The number of methoxy groups -OCH3 is 1. The molecule has 1 aromatic carbocycles. The highest BCUT2D eigenvalue weighted by Crippen LogP contribution is 2.24. The molecule has 0 bridgehead atoms. The molecule has 0 amide bonds. The van der Waals surface area contributed by atoms with Crippen LogP contribution in [0.5, 0.6) is 5.75 Å². The van der Waals surface area contributed by atoms with E-state index in [4.69, 9.17) is 4.74 Å². The summed E-state index contributed by atoms with van der Waals surface area (Å²) in [6.07, 6.45) is 3.37. The zero-order valence-corrected chi connectivity index (χ0v) is 11.5. The largest absolute Gasteiger partial charge is 0.496 e. The van der Waals surface area contributed by atoms with E-state index in [1.165, 1.54) is 17.5 Å². The summed E-state index contributed by atoms with van der Waals surface area (Å²) in [5.41, 5.74) is 2.73. The minimum absolute atomic E-state index is 0.681. The molecule has 96 valence electrons. The number of ether oxygens (including phenoxy) is 1. The Labute approximate surface area is 105 Å². The second-order valence-electron chi connectivity index (χ2n) is 4.54. The van der Waals surface area contributed by atoms with Gasteiger partial charge in [0.2, 0.25) is 0 Å². The summed E-state index contributed by atoms with van der Waals surface area (Å²) in [4.78, 5) is 0. The van der Waals surface area contributed by atoms with Crippen molar-refractivity contribution in [3.05, 3.63) is 29.3 Å². The minimum Gasteiger partial charge on any atom is -0.496 e. The average Bonchev–Trinajstić information content (AvgIpc) is 2.38. The molecule has 0 saturated heterocycles. The molecule has 0 radical (unpaired) electrons. The van der Waals surface area contributed by atoms with Crippen molar-refractivity contribution in [1.82, 2.24) is 5.32 Å².